The summed E-state index contributed by atoms with van der Waals surface area (Å²) in [6, 6.07) is 5.42. The summed E-state index contributed by atoms with van der Waals surface area (Å²) in [4.78, 5) is 25.1. The van der Waals surface area contributed by atoms with Gasteiger partial charge in [0.25, 0.3) is 5.91 Å². The van der Waals surface area contributed by atoms with E-state index in [9.17, 15) is 9.59 Å². The van der Waals surface area contributed by atoms with E-state index in [0.29, 0.717) is 12.2 Å². The molecule has 0 atom stereocenters. The molecule has 17 heavy (non-hydrogen) atoms. The summed E-state index contributed by atoms with van der Waals surface area (Å²) in [6.45, 7) is -0.337. The molecule has 90 valence electrons. The van der Waals surface area contributed by atoms with E-state index < -0.39 is 12.5 Å². The molecule has 0 aliphatic carbocycles. The smallest absolute Gasteiger partial charge is 0.259 e. The lowest BCUT2D eigenvalue weighted by Crippen LogP contribution is -2.42. The van der Waals surface area contributed by atoms with E-state index in [-0.39, 0.29) is 11.7 Å². The van der Waals surface area contributed by atoms with Crippen molar-refractivity contribution in [3.05, 3.63) is 23.8 Å². The van der Waals surface area contributed by atoms with Crippen LogP contribution in [0.5, 0.6) is 0 Å². The minimum Gasteiger partial charge on any atom is -0.387 e. The topological polar surface area (TPSA) is 83.6 Å². The molecule has 5 nitrogen and oxygen atoms in total. The highest BCUT2D eigenvalue weighted by atomic mass is 32.2. The van der Waals surface area contributed by atoms with Gasteiger partial charge in [0.05, 0.1) is 11.4 Å². The van der Waals surface area contributed by atoms with Gasteiger partial charge in [-0.15, -0.1) is 11.8 Å². The first-order valence-corrected chi connectivity index (χ1v) is 6.08. The van der Waals surface area contributed by atoms with Gasteiger partial charge in [0.1, 0.15) is 6.61 Å². The van der Waals surface area contributed by atoms with Crippen LogP contribution in [0.2, 0.25) is 0 Å². The van der Waals surface area contributed by atoms with Crippen molar-refractivity contribution in [2.75, 3.05) is 17.3 Å². The lowest BCUT2D eigenvalue weighted by atomic mass is 10.2. The maximum atomic E-state index is 11.7. The van der Waals surface area contributed by atoms with Crippen molar-refractivity contribution in [3.63, 3.8) is 0 Å². The lowest BCUT2D eigenvalue weighted by molar-refractivity contribution is -0.127. The number of aliphatic hydroxyl groups is 1. The van der Waals surface area contributed by atoms with Crippen molar-refractivity contribution in [3.8, 4) is 0 Å². The van der Waals surface area contributed by atoms with Crippen LogP contribution in [0.15, 0.2) is 23.1 Å². The van der Waals surface area contributed by atoms with Crippen LogP contribution < -0.4 is 10.6 Å². The third kappa shape index (κ3) is 2.19. The molecule has 1 aromatic carbocycles. The van der Waals surface area contributed by atoms with Gasteiger partial charge in [-0.05, 0) is 17.7 Å². The Bertz CT molecular complexity index is 476. The number of benzene rings is 1. The molecule has 1 aromatic rings. The quantitative estimate of drug-likeness (QED) is 0.780. The number of nitrogens with zero attached hydrogens (tertiary/aromatic N) is 1. The SMILES string of the molecule is NCc1ccc2c(c1)N(C(=O)CO)C(=O)CS2. The Morgan fingerprint density at radius 2 is 2.29 bits per heavy atom. The van der Waals surface area contributed by atoms with Gasteiger partial charge in [-0.25, -0.2) is 4.90 Å². The van der Waals surface area contributed by atoms with Crippen LogP contribution in [-0.2, 0) is 16.1 Å². The van der Waals surface area contributed by atoms with Crippen molar-refractivity contribution < 1.29 is 14.7 Å². The maximum Gasteiger partial charge on any atom is 0.259 e. The normalized spacial score (nSPS) is 14.7. The van der Waals surface area contributed by atoms with Crippen LogP contribution in [0.25, 0.3) is 0 Å². The average molecular weight is 252 g/mol. The summed E-state index contributed by atoms with van der Waals surface area (Å²) < 4.78 is 0. The van der Waals surface area contributed by atoms with E-state index in [1.165, 1.54) is 11.8 Å². The minimum absolute atomic E-state index is 0.209. The second-order valence-corrected chi connectivity index (χ2v) is 4.59. The fourth-order valence-electron chi connectivity index (χ4n) is 1.67. The highest BCUT2D eigenvalue weighted by molar-refractivity contribution is 8.00. The number of amides is 2. The molecule has 0 radical (unpaired) electrons. The molecule has 0 bridgehead atoms. The fourth-order valence-corrected chi connectivity index (χ4v) is 2.54. The summed E-state index contributed by atoms with van der Waals surface area (Å²) in [5.41, 5.74) is 6.89. The molecule has 6 heteroatoms. The van der Waals surface area contributed by atoms with Crippen LogP contribution in [0.4, 0.5) is 5.69 Å². The number of thioether (sulfide) groups is 1. The molecule has 1 heterocycles. The minimum atomic E-state index is -0.678. The zero-order valence-corrected chi connectivity index (χ0v) is 9.87. The maximum absolute atomic E-state index is 11.7. The Morgan fingerprint density at radius 3 is 2.94 bits per heavy atom. The third-order valence-corrected chi connectivity index (χ3v) is 3.53. The molecule has 3 N–H and O–H groups in total. The number of rotatable bonds is 2. The predicted octanol–water partition coefficient (Wildman–Crippen LogP) is 0.103. The monoisotopic (exact) mass is 252 g/mol. The molecule has 2 amide bonds. The number of hydrogen-bond acceptors (Lipinski definition) is 5. The van der Waals surface area contributed by atoms with Gasteiger partial charge in [-0.1, -0.05) is 6.07 Å². The standard InChI is InChI=1S/C11H12N2O3S/c12-4-7-1-2-9-8(3-7)13(10(15)5-14)11(16)6-17-9/h1-3,14H,4-6,12H2. The second-order valence-electron chi connectivity index (χ2n) is 3.58. The van der Waals surface area contributed by atoms with E-state index in [2.05, 4.69) is 0 Å². The summed E-state index contributed by atoms with van der Waals surface area (Å²) in [5, 5.41) is 8.88. The van der Waals surface area contributed by atoms with Gasteiger partial charge < -0.3 is 10.8 Å². The molecule has 0 aromatic heterocycles. The van der Waals surface area contributed by atoms with Gasteiger partial charge in [0.15, 0.2) is 0 Å². The van der Waals surface area contributed by atoms with Crippen molar-refractivity contribution in [1.82, 2.24) is 0 Å². The average Bonchev–Trinajstić information content (AvgIpc) is 2.37. The second kappa shape index (κ2) is 4.87. The first-order chi connectivity index (χ1) is 8.17. The van der Waals surface area contributed by atoms with Crippen molar-refractivity contribution in [1.29, 1.82) is 0 Å². The van der Waals surface area contributed by atoms with E-state index in [0.717, 1.165) is 15.4 Å². The Labute approximate surface area is 103 Å². The molecule has 0 saturated carbocycles. The predicted molar refractivity (Wildman–Crippen MR) is 64.6 cm³/mol. The molecule has 0 spiro atoms. The van der Waals surface area contributed by atoms with Crippen molar-refractivity contribution >= 4 is 29.3 Å². The molecule has 0 unspecified atom stereocenters. The number of hydrogen-bond donors (Lipinski definition) is 2. The zero-order chi connectivity index (χ0) is 12.4. The number of imide groups is 1. The van der Waals surface area contributed by atoms with Gasteiger partial charge in [-0.2, -0.15) is 0 Å². The number of fused-ring (bicyclic) bond motifs is 1. The van der Waals surface area contributed by atoms with Crippen LogP contribution in [0, 0.1) is 0 Å². The van der Waals surface area contributed by atoms with Gasteiger partial charge >= 0.3 is 0 Å². The van der Waals surface area contributed by atoms with E-state index in [4.69, 9.17) is 10.8 Å². The van der Waals surface area contributed by atoms with E-state index >= 15 is 0 Å². The Balaban J connectivity index is 2.48. The van der Waals surface area contributed by atoms with E-state index in [1.54, 1.807) is 6.07 Å². The first kappa shape index (κ1) is 12.1. The number of anilines is 1. The van der Waals surface area contributed by atoms with Crippen LogP contribution in [0.3, 0.4) is 0 Å². The Kier molecular flexibility index (Phi) is 3.46. The molecular formula is C11H12N2O3S. The summed E-state index contributed by atoms with van der Waals surface area (Å²) >= 11 is 1.38. The third-order valence-electron chi connectivity index (χ3n) is 2.49. The molecule has 1 aliphatic heterocycles. The van der Waals surface area contributed by atoms with Crippen LogP contribution in [0.1, 0.15) is 5.56 Å². The number of nitrogens with two attached hydrogens (primary N) is 1. The number of carbonyl (C=O) groups excluding carboxylic acids is 2. The van der Waals surface area contributed by atoms with Gasteiger partial charge in [0, 0.05) is 11.4 Å². The molecule has 2 rings (SSSR count). The van der Waals surface area contributed by atoms with Crippen molar-refractivity contribution in [2.24, 2.45) is 5.73 Å². The summed E-state index contributed by atoms with van der Waals surface area (Å²) in [5.74, 6) is -0.706. The van der Waals surface area contributed by atoms with Crippen LogP contribution >= 0.6 is 11.8 Å². The molecule has 1 aliphatic rings. The van der Waals surface area contributed by atoms with Crippen LogP contribution in [-0.4, -0.2) is 29.3 Å². The molecule has 0 saturated heterocycles. The molecular weight excluding hydrogens is 240 g/mol. The lowest BCUT2D eigenvalue weighted by Gasteiger charge is -2.27. The Morgan fingerprint density at radius 1 is 1.53 bits per heavy atom. The summed E-state index contributed by atoms with van der Waals surface area (Å²) in [7, 11) is 0. The first-order valence-electron chi connectivity index (χ1n) is 5.10. The number of aliphatic hydroxyl groups excluding tert-OH is 1. The Hall–Kier alpha value is -1.37. The van der Waals surface area contributed by atoms with Gasteiger partial charge in [0.2, 0.25) is 5.91 Å². The van der Waals surface area contributed by atoms with E-state index in [1.807, 2.05) is 12.1 Å². The number of carbonyl (C=O) groups is 2. The van der Waals surface area contributed by atoms with Gasteiger partial charge in [-0.3, -0.25) is 9.59 Å². The highest BCUT2D eigenvalue weighted by Crippen LogP contribution is 2.35. The van der Waals surface area contributed by atoms with Crippen molar-refractivity contribution in [2.45, 2.75) is 11.4 Å². The largest absolute Gasteiger partial charge is 0.387 e. The fraction of sp³-hybridized carbons (Fsp3) is 0.273. The summed E-state index contributed by atoms with van der Waals surface area (Å²) in [6.07, 6.45) is 0. The highest BCUT2D eigenvalue weighted by Gasteiger charge is 2.29. The molecule has 0 fully saturated rings. The zero-order valence-electron chi connectivity index (χ0n) is 9.05.